The van der Waals surface area contributed by atoms with Gasteiger partial charge in [-0.3, -0.25) is 14.2 Å². The van der Waals surface area contributed by atoms with Gasteiger partial charge in [0.05, 0.1) is 11.9 Å². The summed E-state index contributed by atoms with van der Waals surface area (Å²) in [5.41, 5.74) is 5.11. The predicted molar refractivity (Wildman–Crippen MR) is 120 cm³/mol. The molecule has 6 nitrogen and oxygen atoms in total. The highest BCUT2D eigenvalue weighted by atomic mass is 19.1. The Morgan fingerprint density at radius 1 is 1.12 bits per heavy atom. The lowest BCUT2D eigenvalue weighted by molar-refractivity contribution is 0.0694. The maximum Gasteiger partial charge on any atom is 0.270 e. The van der Waals surface area contributed by atoms with Crippen LogP contribution in [0.3, 0.4) is 0 Å². The highest BCUT2D eigenvalue weighted by Gasteiger charge is 2.20. The van der Waals surface area contributed by atoms with Crippen molar-refractivity contribution in [1.29, 1.82) is 0 Å². The van der Waals surface area contributed by atoms with E-state index in [4.69, 9.17) is 4.74 Å². The zero-order valence-electron chi connectivity index (χ0n) is 17.7. The van der Waals surface area contributed by atoms with Gasteiger partial charge in [-0.05, 0) is 61.7 Å². The van der Waals surface area contributed by atoms with Crippen LogP contribution in [0.1, 0.15) is 28.9 Å². The Bertz CT molecular complexity index is 1290. The topological polar surface area (TPSA) is 68.5 Å². The van der Waals surface area contributed by atoms with Crippen molar-refractivity contribution in [3.63, 3.8) is 0 Å². The van der Waals surface area contributed by atoms with Gasteiger partial charge >= 0.3 is 0 Å². The molecule has 162 valence electrons. The molecule has 0 radical (unpaired) electrons. The molecule has 7 heteroatoms. The molecule has 5 rings (SSSR count). The van der Waals surface area contributed by atoms with E-state index in [1.807, 2.05) is 30.5 Å². The Balaban J connectivity index is 1.52. The van der Waals surface area contributed by atoms with E-state index in [1.54, 1.807) is 35.9 Å². The average Bonchev–Trinajstić information content (AvgIpc) is 3.25. The zero-order valence-corrected chi connectivity index (χ0v) is 17.7. The van der Waals surface area contributed by atoms with Crippen LogP contribution in [0, 0.1) is 12.7 Å². The van der Waals surface area contributed by atoms with E-state index in [0.29, 0.717) is 30.1 Å². The van der Waals surface area contributed by atoms with E-state index in [-0.39, 0.29) is 17.8 Å². The second kappa shape index (κ2) is 8.51. The van der Waals surface area contributed by atoms with Crippen molar-refractivity contribution >= 4 is 11.6 Å². The lowest BCUT2D eigenvalue weighted by atomic mass is 9.99. The molecule has 1 aliphatic rings. The fraction of sp³-hybridized carbons (Fsp3) is 0.240. The highest BCUT2D eigenvalue weighted by molar-refractivity contribution is 5.93. The fourth-order valence-corrected chi connectivity index (χ4v) is 4.07. The Morgan fingerprint density at radius 2 is 1.94 bits per heavy atom. The maximum atomic E-state index is 13.8. The molecule has 1 aliphatic heterocycles. The maximum absolute atomic E-state index is 13.8. The molecule has 1 N–H and O–H groups in total. The smallest absolute Gasteiger partial charge is 0.270 e. The minimum atomic E-state index is -0.244. The summed E-state index contributed by atoms with van der Waals surface area (Å²) in [6, 6.07) is 12.8. The molecule has 4 aromatic rings. The molecule has 0 bridgehead atoms. The Kier molecular flexibility index (Phi) is 5.41. The van der Waals surface area contributed by atoms with E-state index in [2.05, 4.69) is 15.3 Å². The first-order valence-corrected chi connectivity index (χ1v) is 10.7. The summed E-state index contributed by atoms with van der Waals surface area (Å²) >= 11 is 0. The molecule has 0 saturated carbocycles. The summed E-state index contributed by atoms with van der Waals surface area (Å²) in [7, 11) is 0. The quantitative estimate of drug-likeness (QED) is 0.520. The van der Waals surface area contributed by atoms with Gasteiger partial charge in [0, 0.05) is 48.3 Å². The number of rotatable bonds is 4. The van der Waals surface area contributed by atoms with Gasteiger partial charge in [-0.1, -0.05) is 6.07 Å². The molecule has 1 aromatic carbocycles. The predicted octanol–water partition coefficient (Wildman–Crippen LogP) is 4.42. The number of ether oxygens (including phenoxy) is 1. The summed E-state index contributed by atoms with van der Waals surface area (Å²) in [5.74, 6) is -0.395. The van der Waals surface area contributed by atoms with Gasteiger partial charge in [0.15, 0.2) is 0 Å². The molecule has 0 atom stereocenters. The Morgan fingerprint density at radius 3 is 2.75 bits per heavy atom. The number of hydrogen-bond donors (Lipinski definition) is 1. The van der Waals surface area contributed by atoms with Crippen LogP contribution >= 0.6 is 0 Å². The van der Waals surface area contributed by atoms with Crippen LogP contribution in [0.15, 0.2) is 61.1 Å². The number of carbonyl (C=O) groups excluding carboxylic acids is 1. The first kappa shape index (κ1) is 20.3. The fourth-order valence-electron chi connectivity index (χ4n) is 4.07. The molecule has 1 amide bonds. The van der Waals surface area contributed by atoms with Crippen LogP contribution < -0.4 is 5.32 Å². The first-order chi connectivity index (χ1) is 15.6. The number of halogens is 1. The number of aryl methyl sites for hydroxylation is 1. The van der Waals surface area contributed by atoms with Crippen LogP contribution in [0.2, 0.25) is 0 Å². The van der Waals surface area contributed by atoms with Crippen molar-refractivity contribution in [2.24, 2.45) is 0 Å². The van der Waals surface area contributed by atoms with E-state index >= 15 is 0 Å². The third kappa shape index (κ3) is 3.87. The van der Waals surface area contributed by atoms with Crippen molar-refractivity contribution in [3.8, 4) is 22.4 Å². The standard InChI is InChI=1S/C25H23FN4O2/c1-16-13-17(4-6-21(16)26)24-20(3-2-10-27-24)18-5-7-23-28-14-22(30(23)15-18)25(31)29-19-8-11-32-12-9-19/h2-7,10,13-15,19H,8-9,11-12H2,1H3,(H,29,31). The number of carbonyl (C=O) groups is 1. The Labute approximate surface area is 185 Å². The number of fused-ring (bicyclic) bond motifs is 1. The molecule has 0 unspecified atom stereocenters. The molecule has 0 spiro atoms. The summed E-state index contributed by atoms with van der Waals surface area (Å²) in [5, 5.41) is 3.09. The molecular weight excluding hydrogens is 407 g/mol. The summed E-state index contributed by atoms with van der Waals surface area (Å²) in [6.45, 7) is 3.06. The van der Waals surface area contributed by atoms with Crippen molar-refractivity contribution < 1.29 is 13.9 Å². The van der Waals surface area contributed by atoms with E-state index < -0.39 is 0 Å². The number of hydrogen-bond acceptors (Lipinski definition) is 4. The highest BCUT2D eigenvalue weighted by Crippen LogP contribution is 2.31. The van der Waals surface area contributed by atoms with Crippen LogP contribution in [0.25, 0.3) is 28.0 Å². The molecular formula is C25H23FN4O2. The number of amides is 1. The van der Waals surface area contributed by atoms with Gasteiger partial charge in [-0.15, -0.1) is 0 Å². The molecule has 0 aliphatic carbocycles. The molecule has 3 aromatic heterocycles. The second-order valence-corrected chi connectivity index (χ2v) is 8.01. The molecule has 1 fully saturated rings. The molecule has 32 heavy (non-hydrogen) atoms. The monoisotopic (exact) mass is 430 g/mol. The SMILES string of the molecule is Cc1cc(-c2ncccc2-c2ccc3ncc(C(=O)NC4CCOCC4)n3c2)ccc1F. The number of nitrogens with one attached hydrogen (secondary N) is 1. The minimum absolute atomic E-state index is 0.108. The lowest BCUT2D eigenvalue weighted by Crippen LogP contribution is -2.39. The first-order valence-electron chi connectivity index (χ1n) is 10.7. The summed E-state index contributed by atoms with van der Waals surface area (Å²) in [6.07, 6.45) is 6.84. The number of nitrogens with zero attached hydrogens (tertiary/aromatic N) is 3. The van der Waals surface area contributed by atoms with Gasteiger partial charge in [0.25, 0.3) is 5.91 Å². The van der Waals surface area contributed by atoms with Crippen molar-refractivity contribution in [2.75, 3.05) is 13.2 Å². The second-order valence-electron chi connectivity index (χ2n) is 8.01. The molecule has 1 saturated heterocycles. The lowest BCUT2D eigenvalue weighted by Gasteiger charge is -2.22. The normalized spacial score (nSPS) is 14.6. The van der Waals surface area contributed by atoms with Crippen LogP contribution in [-0.4, -0.2) is 39.5 Å². The largest absolute Gasteiger partial charge is 0.381 e. The van der Waals surface area contributed by atoms with Crippen LogP contribution in [0.5, 0.6) is 0 Å². The van der Waals surface area contributed by atoms with Gasteiger partial charge in [0.1, 0.15) is 17.2 Å². The average molecular weight is 430 g/mol. The van der Waals surface area contributed by atoms with Gasteiger partial charge in [-0.25, -0.2) is 9.37 Å². The number of imidazole rings is 1. The zero-order chi connectivity index (χ0) is 22.1. The van der Waals surface area contributed by atoms with E-state index in [1.165, 1.54) is 6.07 Å². The number of pyridine rings is 2. The number of benzene rings is 1. The van der Waals surface area contributed by atoms with Gasteiger partial charge < -0.3 is 10.1 Å². The van der Waals surface area contributed by atoms with Crippen LogP contribution in [0.4, 0.5) is 4.39 Å². The Hall–Kier alpha value is -3.58. The van der Waals surface area contributed by atoms with Crippen molar-refractivity contribution in [2.45, 2.75) is 25.8 Å². The van der Waals surface area contributed by atoms with Crippen molar-refractivity contribution in [1.82, 2.24) is 19.7 Å². The number of aromatic nitrogens is 3. The summed E-state index contributed by atoms with van der Waals surface area (Å²) in [4.78, 5) is 21.9. The van der Waals surface area contributed by atoms with E-state index in [9.17, 15) is 9.18 Å². The van der Waals surface area contributed by atoms with Gasteiger partial charge in [0.2, 0.25) is 0 Å². The minimum Gasteiger partial charge on any atom is -0.381 e. The van der Waals surface area contributed by atoms with Gasteiger partial charge in [-0.2, -0.15) is 0 Å². The summed E-state index contributed by atoms with van der Waals surface area (Å²) < 4.78 is 21.0. The van der Waals surface area contributed by atoms with E-state index in [0.717, 1.165) is 35.2 Å². The third-order valence-corrected chi connectivity index (χ3v) is 5.84. The van der Waals surface area contributed by atoms with Crippen molar-refractivity contribution in [3.05, 3.63) is 78.1 Å². The molecule has 4 heterocycles. The third-order valence-electron chi connectivity index (χ3n) is 5.84. The van der Waals surface area contributed by atoms with Crippen LogP contribution in [-0.2, 0) is 4.74 Å².